The molecule has 0 aliphatic heterocycles. The van der Waals surface area contributed by atoms with Crippen molar-refractivity contribution < 1.29 is 0 Å². The van der Waals surface area contributed by atoms with Gasteiger partial charge >= 0.3 is 0 Å². The van der Waals surface area contributed by atoms with Gasteiger partial charge in [-0.1, -0.05) is 104 Å². The third-order valence-electron chi connectivity index (χ3n) is 4.64. The van der Waals surface area contributed by atoms with Crippen LogP contribution in [0, 0.1) is 0 Å². The lowest BCUT2D eigenvalue weighted by Gasteiger charge is -1.99. The smallest absolute Gasteiger partial charge is 0.0274 e. The molecule has 0 atom stereocenters. The molecule has 0 aromatic carbocycles. The average Bonchev–Trinajstić information content (AvgIpc) is 2.57. The van der Waals surface area contributed by atoms with E-state index in [1.165, 1.54) is 116 Å². The van der Waals surface area contributed by atoms with Crippen molar-refractivity contribution in [2.45, 2.75) is 129 Å². The monoisotopic (exact) mass is 320 g/mol. The Balaban J connectivity index is 3.15. The van der Waals surface area contributed by atoms with Crippen LogP contribution >= 0.6 is 0 Å². The molecule has 0 aliphatic rings. The van der Waals surface area contributed by atoms with Crippen molar-refractivity contribution in [1.82, 2.24) is 0 Å². The lowest BCUT2D eigenvalue weighted by atomic mass is 10.1. The van der Waals surface area contributed by atoms with Gasteiger partial charge in [-0.3, -0.25) is 0 Å². The standard InChI is InChI=1S/C23H44/c1-3-5-7-9-11-13-15-17-19-21-23-22-20-18-16-14-12-10-8-6-4-2/h21-22H,3-20H2,1-2H3. The van der Waals surface area contributed by atoms with Gasteiger partial charge in [-0.2, -0.15) is 0 Å². The maximum atomic E-state index is 3.37. The lowest BCUT2D eigenvalue weighted by Crippen LogP contribution is -1.80. The summed E-state index contributed by atoms with van der Waals surface area (Å²) in [7, 11) is 0. The highest BCUT2D eigenvalue weighted by Crippen LogP contribution is 2.10. The van der Waals surface area contributed by atoms with Crippen molar-refractivity contribution in [2.75, 3.05) is 0 Å². The van der Waals surface area contributed by atoms with Crippen molar-refractivity contribution in [3.8, 4) is 0 Å². The Labute approximate surface area is 147 Å². The molecule has 0 nitrogen and oxygen atoms in total. The summed E-state index contributed by atoms with van der Waals surface area (Å²) < 4.78 is 0. The number of allylic oxidation sites excluding steroid dienone is 1. The maximum Gasteiger partial charge on any atom is -0.0274 e. The van der Waals surface area contributed by atoms with E-state index in [0.717, 1.165) is 0 Å². The van der Waals surface area contributed by atoms with E-state index in [0.29, 0.717) is 0 Å². The summed E-state index contributed by atoms with van der Waals surface area (Å²) in [4.78, 5) is 0. The maximum absolute atomic E-state index is 3.37. The molecule has 0 amide bonds. The molecule has 0 spiro atoms. The molecule has 0 radical (unpaired) electrons. The average molecular weight is 321 g/mol. The molecule has 0 aliphatic carbocycles. The predicted molar refractivity (Wildman–Crippen MR) is 107 cm³/mol. The first-order valence-corrected chi connectivity index (χ1v) is 10.8. The van der Waals surface area contributed by atoms with Gasteiger partial charge in [0, 0.05) is 0 Å². The number of unbranched alkanes of at least 4 members (excludes halogenated alkanes) is 16. The van der Waals surface area contributed by atoms with Crippen molar-refractivity contribution in [1.29, 1.82) is 0 Å². The van der Waals surface area contributed by atoms with Crippen LogP contribution in [0.1, 0.15) is 129 Å². The van der Waals surface area contributed by atoms with Crippen LogP contribution in [-0.2, 0) is 0 Å². The van der Waals surface area contributed by atoms with E-state index in [1.54, 1.807) is 0 Å². The van der Waals surface area contributed by atoms with Gasteiger partial charge in [0.15, 0.2) is 0 Å². The molecule has 0 bridgehead atoms. The van der Waals surface area contributed by atoms with Crippen molar-refractivity contribution >= 4 is 0 Å². The van der Waals surface area contributed by atoms with E-state index in [1.807, 2.05) is 0 Å². The van der Waals surface area contributed by atoms with Gasteiger partial charge in [0.2, 0.25) is 0 Å². The van der Waals surface area contributed by atoms with Crippen LogP contribution in [0.5, 0.6) is 0 Å². The predicted octanol–water partition coefficient (Wildman–Crippen LogP) is 8.76. The zero-order valence-electron chi connectivity index (χ0n) is 16.4. The number of hydrogen-bond donors (Lipinski definition) is 0. The summed E-state index contributed by atoms with van der Waals surface area (Å²) in [5.41, 5.74) is 3.37. The van der Waals surface area contributed by atoms with Gasteiger partial charge in [-0.05, 0) is 37.8 Å². The van der Waals surface area contributed by atoms with Crippen molar-refractivity contribution in [2.24, 2.45) is 0 Å². The quantitative estimate of drug-likeness (QED) is 0.175. The van der Waals surface area contributed by atoms with Gasteiger partial charge in [-0.15, -0.1) is 5.73 Å². The first-order valence-electron chi connectivity index (χ1n) is 10.8. The minimum absolute atomic E-state index is 1.23. The van der Waals surface area contributed by atoms with Gasteiger partial charge in [0.1, 0.15) is 0 Å². The lowest BCUT2D eigenvalue weighted by molar-refractivity contribution is 0.577. The molecule has 0 heterocycles. The topological polar surface area (TPSA) is 0 Å². The molecule has 0 heteroatoms. The Kier molecular flexibility index (Phi) is 21.1. The fourth-order valence-electron chi connectivity index (χ4n) is 3.01. The molecule has 0 rings (SSSR count). The van der Waals surface area contributed by atoms with Crippen LogP contribution < -0.4 is 0 Å². The Bertz CT molecular complexity index is 233. The second kappa shape index (κ2) is 21.5. The minimum Gasteiger partial charge on any atom is -0.130 e. The van der Waals surface area contributed by atoms with Crippen LogP contribution in [0.3, 0.4) is 0 Å². The van der Waals surface area contributed by atoms with Crippen LogP contribution in [-0.4, -0.2) is 0 Å². The molecule has 0 fully saturated rings. The Hall–Kier alpha value is -0.480. The van der Waals surface area contributed by atoms with E-state index in [9.17, 15) is 0 Å². The Morgan fingerprint density at radius 3 is 1.09 bits per heavy atom. The van der Waals surface area contributed by atoms with Gasteiger partial charge < -0.3 is 0 Å². The normalized spacial score (nSPS) is 10.5. The molecule has 0 saturated carbocycles. The van der Waals surface area contributed by atoms with Gasteiger partial charge in [0.25, 0.3) is 0 Å². The van der Waals surface area contributed by atoms with Crippen LogP contribution in [0.4, 0.5) is 0 Å². The first kappa shape index (κ1) is 22.5. The zero-order chi connectivity index (χ0) is 16.8. The molecular formula is C23H44. The third-order valence-corrected chi connectivity index (χ3v) is 4.64. The highest BCUT2D eigenvalue weighted by molar-refractivity contribution is 4.84. The van der Waals surface area contributed by atoms with E-state index in [2.05, 4.69) is 31.7 Å². The van der Waals surface area contributed by atoms with E-state index < -0.39 is 0 Å². The van der Waals surface area contributed by atoms with Gasteiger partial charge in [0.05, 0.1) is 0 Å². The molecule has 0 aromatic heterocycles. The highest BCUT2D eigenvalue weighted by atomic mass is 14.0. The van der Waals surface area contributed by atoms with Crippen LogP contribution in [0.2, 0.25) is 0 Å². The number of hydrogen-bond acceptors (Lipinski definition) is 0. The van der Waals surface area contributed by atoms with Gasteiger partial charge in [-0.25, -0.2) is 0 Å². The summed E-state index contributed by atoms with van der Waals surface area (Å²) in [5.74, 6) is 0. The largest absolute Gasteiger partial charge is 0.130 e. The SMILES string of the molecule is CCCCCCCCCCC=C=CCCCCCCCCCC. The second-order valence-corrected chi connectivity index (χ2v) is 7.10. The van der Waals surface area contributed by atoms with Crippen molar-refractivity contribution in [3.05, 3.63) is 17.9 Å². The van der Waals surface area contributed by atoms with E-state index >= 15 is 0 Å². The third kappa shape index (κ3) is 21.5. The van der Waals surface area contributed by atoms with Crippen LogP contribution in [0.15, 0.2) is 17.9 Å². The summed E-state index contributed by atoms with van der Waals surface area (Å²) in [6.45, 7) is 4.57. The fraction of sp³-hybridized carbons (Fsp3) is 0.870. The van der Waals surface area contributed by atoms with Crippen molar-refractivity contribution in [3.63, 3.8) is 0 Å². The molecule has 0 N–H and O–H groups in total. The molecule has 136 valence electrons. The van der Waals surface area contributed by atoms with Crippen LogP contribution in [0.25, 0.3) is 0 Å². The minimum atomic E-state index is 1.23. The summed E-state index contributed by atoms with van der Waals surface area (Å²) in [6, 6.07) is 0. The molecular weight excluding hydrogens is 276 g/mol. The number of rotatable bonds is 18. The fourth-order valence-corrected chi connectivity index (χ4v) is 3.01. The molecule has 23 heavy (non-hydrogen) atoms. The summed E-state index contributed by atoms with van der Waals surface area (Å²) >= 11 is 0. The summed E-state index contributed by atoms with van der Waals surface area (Å²) in [6.07, 6.45) is 29.6. The second-order valence-electron chi connectivity index (χ2n) is 7.10. The molecule has 0 aromatic rings. The Morgan fingerprint density at radius 2 is 0.739 bits per heavy atom. The highest BCUT2D eigenvalue weighted by Gasteiger charge is 1.91. The Morgan fingerprint density at radius 1 is 0.435 bits per heavy atom. The van der Waals surface area contributed by atoms with E-state index in [-0.39, 0.29) is 0 Å². The summed E-state index contributed by atoms with van der Waals surface area (Å²) in [5, 5.41) is 0. The van der Waals surface area contributed by atoms with E-state index in [4.69, 9.17) is 0 Å². The molecule has 0 saturated heterocycles. The first-order chi connectivity index (χ1) is 11.4. The zero-order valence-corrected chi connectivity index (χ0v) is 16.4. The molecule has 0 unspecified atom stereocenters.